The highest BCUT2D eigenvalue weighted by Crippen LogP contribution is 2.28. The Kier molecular flexibility index (Phi) is 5.67. The molecule has 0 saturated carbocycles. The molecule has 1 aromatic rings. The van der Waals surface area contributed by atoms with E-state index in [9.17, 15) is 8.78 Å². The third-order valence-electron chi connectivity index (χ3n) is 4.53. The van der Waals surface area contributed by atoms with E-state index in [0.29, 0.717) is 18.2 Å². The Morgan fingerprint density at radius 2 is 2.05 bits per heavy atom. The number of nitrogens with two attached hydrogens (primary N) is 1. The Balaban J connectivity index is 2.14. The summed E-state index contributed by atoms with van der Waals surface area (Å²) >= 11 is 0. The molecule has 1 aliphatic rings. The van der Waals surface area contributed by atoms with E-state index in [1.54, 1.807) is 12.1 Å². The number of likely N-dealkylation sites (tertiary alicyclic amines) is 1. The van der Waals surface area contributed by atoms with E-state index >= 15 is 0 Å². The molecule has 0 aliphatic carbocycles. The Labute approximate surface area is 125 Å². The molecule has 2 atom stereocenters. The van der Waals surface area contributed by atoms with Crippen molar-refractivity contribution in [1.82, 2.24) is 9.80 Å². The lowest BCUT2D eigenvalue weighted by Crippen LogP contribution is -2.39. The molecule has 3 nitrogen and oxygen atoms in total. The van der Waals surface area contributed by atoms with Crippen molar-refractivity contribution < 1.29 is 8.78 Å². The molecular weight excluding hydrogens is 272 g/mol. The molecule has 0 bridgehead atoms. The fourth-order valence-corrected chi connectivity index (χ4v) is 3.34. The SMILES string of the molecule is CCN(CC)C1CCN(C(CN)c2cccc(F)c2F)C1. The van der Waals surface area contributed by atoms with Gasteiger partial charge in [-0.05, 0) is 25.6 Å². The zero-order valence-electron chi connectivity index (χ0n) is 12.9. The summed E-state index contributed by atoms with van der Waals surface area (Å²) in [6, 6.07) is 4.57. The van der Waals surface area contributed by atoms with Gasteiger partial charge in [-0.15, -0.1) is 0 Å². The van der Waals surface area contributed by atoms with E-state index in [1.165, 1.54) is 0 Å². The van der Waals surface area contributed by atoms with Gasteiger partial charge < -0.3 is 5.73 Å². The normalized spacial score (nSPS) is 21.1. The van der Waals surface area contributed by atoms with Crippen molar-refractivity contribution >= 4 is 0 Å². The number of hydrogen-bond acceptors (Lipinski definition) is 3. The molecule has 5 heteroatoms. The highest BCUT2D eigenvalue weighted by molar-refractivity contribution is 5.23. The summed E-state index contributed by atoms with van der Waals surface area (Å²) in [4.78, 5) is 4.59. The Hall–Kier alpha value is -1.04. The highest BCUT2D eigenvalue weighted by Gasteiger charge is 2.32. The number of hydrogen-bond donors (Lipinski definition) is 1. The standard InChI is InChI=1S/C16H25F2N3/c1-3-20(4-2)12-8-9-21(11-12)15(10-19)13-6-5-7-14(17)16(13)18/h5-7,12,15H,3-4,8-11,19H2,1-2H3. The van der Waals surface area contributed by atoms with Crippen LogP contribution >= 0.6 is 0 Å². The first-order chi connectivity index (χ1) is 10.1. The van der Waals surface area contributed by atoms with Crippen LogP contribution in [0.5, 0.6) is 0 Å². The largest absolute Gasteiger partial charge is 0.329 e. The van der Waals surface area contributed by atoms with Crippen LogP contribution in [0.4, 0.5) is 8.78 Å². The van der Waals surface area contributed by atoms with Crippen molar-refractivity contribution in [2.24, 2.45) is 5.73 Å². The van der Waals surface area contributed by atoms with Crippen LogP contribution in [0.1, 0.15) is 31.9 Å². The number of benzene rings is 1. The van der Waals surface area contributed by atoms with Gasteiger partial charge >= 0.3 is 0 Å². The Bertz CT molecular complexity index is 463. The minimum absolute atomic E-state index is 0.249. The third kappa shape index (κ3) is 3.42. The molecule has 2 N–H and O–H groups in total. The molecule has 1 aliphatic heterocycles. The predicted octanol–water partition coefficient (Wildman–Crippen LogP) is 2.38. The smallest absolute Gasteiger partial charge is 0.163 e. The van der Waals surface area contributed by atoms with Crippen molar-refractivity contribution in [2.45, 2.75) is 32.4 Å². The quantitative estimate of drug-likeness (QED) is 0.875. The average molecular weight is 297 g/mol. The van der Waals surface area contributed by atoms with Crippen LogP contribution < -0.4 is 5.73 Å². The zero-order valence-corrected chi connectivity index (χ0v) is 12.9. The van der Waals surface area contributed by atoms with E-state index in [2.05, 4.69) is 23.6 Å². The topological polar surface area (TPSA) is 32.5 Å². The van der Waals surface area contributed by atoms with Gasteiger partial charge in [-0.3, -0.25) is 9.80 Å². The zero-order chi connectivity index (χ0) is 15.4. The molecule has 2 rings (SSSR count). The third-order valence-corrected chi connectivity index (χ3v) is 4.53. The molecule has 0 spiro atoms. The van der Waals surface area contributed by atoms with E-state index in [-0.39, 0.29) is 6.04 Å². The maximum Gasteiger partial charge on any atom is 0.163 e. The number of halogens is 2. The molecule has 1 saturated heterocycles. The number of rotatable bonds is 6. The van der Waals surface area contributed by atoms with Gasteiger partial charge in [-0.2, -0.15) is 0 Å². The molecular formula is C16H25F2N3. The van der Waals surface area contributed by atoms with Gasteiger partial charge in [0.2, 0.25) is 0 Å². The summed E-state index contributed by atoms with van der Waals surface area (Å²) in [5.41, 5.74) is 6.22. The summed E-state index contributed by atoms with van der Waals surface area (Å²) in [6.45, 7) is 8.36. The van der Waals surface area contributed by atoms with Crippen LogP contribution in [0.3, 0.4) is 0 Å². The lowest BCUT2D eigenvalue weighted by Gasteiger charge is -2.30. The minimum Gasteiger partial charge on any atom is -0.329 e. The van der Waals surface area contributed by atoms with E-state index in [1.807, 2.05) is 0 Å². The molecule has 21 heavy (non-hydrogen) atoms. The number of likely N-dealkylation sites (N-methyl/N-ethyl adjacent to an activating group) is 1. The highest BCUT2D eigenvalue weighted by atomic mass is 19.2. The van der Waals surface area contributed by atoms with Crippen LogP contribution in [0, 0.1) is 11.6 Å². The van der Waals surface area contributed by atoms with Gasteiger partial charge in [0, 0.05) is 31.2 Å². The van der Waals surface area contributed by atoms with Gasteiger partial charge in [-0.25, -0.2) is 8.78 Å². The maximum absolute atomic E-state index is 14.0. The first-order valence-corrected chi connectivity index (χ1v) is 7.74. The predicted molar refractivity (Wildman–Crippen MR) is 81.1 cm³/mol. The molecule has 118 valence electrons. The lowest BCUT2D eigenvalue weighted by molar-refractivity contribution is 0.187. The molecule has 1 fully saturated rings. The second kappa shape index (κ2) is 7.29. The first kappa shape index (κ1) is 16.3. The van der Waals surface area contributed by atoms with Crippen LogP contribution in [0.15, 0.2) is 18.2 Å². The van der Waals surface area contributed by atoms with Crippen LogP contribution in [-0.2, 0) is 0 Å². The Morgan fingerprint density at radius 1 is 1.33 bits per heavy atom. The minimum atomic E-state index is -0.801. The fraction of sp³-hybridized carbons (Fsp3) is 0.625. The molecule has 1 heterocycles. The summed E-state index contributed by atoms with van der Waals surface area (Å²) in [7, 11) is 0. The van der Waals surface area contributed by atoms with Gasteiger partial charge in [0.25, 0.3) is 0 Å². The second-order valence-electron chi connectivity index (χ2n) is 5.55. The fourth-order valence-electron chi connectivity index (χ4n) is 3.34. The van der Waals surface area contributed by atoms with Crippen molar-refractivity contribution in [2.75, 3.05) is 32.7 Å². The van der Waals surface area contributed by atoms with Gasteiger partial charge in [0.05, 0.1) is 6.04 Å². The summed E-state index contributed by atoms with van der Waals surface area (Å²) in [5.74, 6) is -1.57. The summed E-state index contributed by atoms with van der Waals surface area (Å²) in [5, 5.41) is 0. The van der Waals surface area contributed by atoms with Crippen molar-refractivity contribution in [3.8, 4) is 0 Å². The molecule has 0 radical (unpaired) electrons. The van der Waals surface area contributed by atoms with Crippen LogP contribution in [0.25, 0.3) is 0 Å². The van der Waals surface area contributed by atoms with E-state index in [4.69, 9.17) is 5.73 Å². The lowest BCUT2D eigenvalue weighted by atomic mass is 10.0. The van der Waals surface area contributed by atoms with Gasteiger partial charge in [0.15, 0.2) is 11.6 Å². The molecule has 2 unspecified atom stereocenters. The summed E-state index contributed by atoms with van der Waals surface area (Å²) in [6.07, 6.45) is 1.05. The van der Waals surface area contributed by atoms with Crippen LogP contribution in [-0.4, -0.2) is 48.6 Å². The van der Waals surface area contributed by atoms with Gasteiger partial charge in [-0.1, -0.05) is 26.0 Å². The van der Waals surface area contributed by atoms with Crippen LogP contribution in [0.2, 0.25) is 0 Å². The molecule has 0 aromatic heterocycles. The Morgan fingerprint density at radius 3 is 2.67 bits per heavy atom. The van der Waals surface area contributed by atoms with Crippen molar-refractivity contribution in [3.05, 3.63) is 35.4 Å². The maximum atomic E-state index is 14.0. The molecule has 1 aromatic carbocycles. The summed E-state index contributed by atoms with van der Waals surface area (Å²) < 4.78 is 27.4. The van der Waals surface area contributed by atoms with Crippen molar-refractivity contribution in [1.29, 1.82) is 0 Å². The second-order valence-corrected chi connectivity index (χ2v) is 5.55. The van der Waals surface area contributed by atoms with E-state index in [0.717, 1.165) is 38.7 Å². The average Bonchev–Trinajstić information content (AvgIpc) is 2.95. The number of nitrogens with zero attached hydrogens (tertiary/aromatic N) is 2. The van der Waals surface area contributed by atoms with Crippen molar-refractivity contribution in [3.63, 3.8) is 0 Å². The first-order valence-electron chi connectivity index (χ1n) is 7.74. The monoisotopic (exact) mass is 297 g/mol. The van der Waals surface area contributed by atoms with E-state index < -0.39 is 11.6 Å². The molecule has 0 amide bonds. The van der Waals surface area contributed by atoms with Gasteiger partial charge in [0.1, 0.15) is 0 Å².